The molecule has 0 bridgehead atoms. The van der Waals surface area contributed by atoms with Gasteiger partial charge in [-0.3, -0.25) is 0 Å². The van der Waals surface area contributed by atoms with Gasteiger partial charge in [0.2, 0.25) is 0 Å². The number of hydrogen-bond acceptors (Lipinski definition) is 6. The van der Waals surface area contributed by atoms with E-state index >= 15 is 0 Å². The minimum atomic E-state index is -0.0410. The third-order valence-electron chi connectivity index (χ3n) is 9.89. The molecule has 0 aliphatic heterocycles. The smallest absolute Gasteiger partial charge is 0.126 e. The Balaban J connectivity index is 1.48. The van der Waals surface area contributed by atoms with Crippen LogP contribution in [-0.4, -0.2) is 42.7 Å². The molecule has 0 spiro atoms. The van der Waals surface area contributed by atoms with Crippen molar-refractivity contribution < 1.29 is 28.4 Å². The summed E-state index contributed by atoms with van der Waals surface area (Å²) in [5, 5.41) is 0. The second kappa shape index (κ2) is 14.5. The van der Waals surface area contributed by atoms with E-state index in [2.05, 4.69) is 78.9 Å². The van der Waals surface area contributed by atoms with Crippen LogP contribution < -0.4 is 23.7 Å². The predicted octanol–water partition coefficient (Wildman–Crippen LogP) is 9.85. The first-order valence-corrected chi connectivity index (χ1v) is 17.0. The van der Waals surface area contributed by atoms with Crippen molar-refractivity contribution in [3.8, 4) is 51.0 Å². The van der Waals surface area contributed by atoms with Gasteiger partial charge in [-0.25, -0.2) is 0 Å². The largest absolute Gasteiger partial charge is 0.497 e. The Morgan fingerprint density at radius 3 is 1.59 bits per heavy atom. The molecule has 5 aromatic carbocycles. The van der Waals surface area contributed by atoms with Crippen molar-refractivity contribution in [2.75, 3.05) is 42.7 Å². The molecule has 0 saturated heterocycles. The van der Waals surface area contributed by atoms with Gasteiger partial charge in [-0.1, -0.05) is 54.1 Å². The van der Waals surface area contributed by atoms with Crippen molar-refractivity contribution in [2.24, 2.45) is 0 Å². The van der Waals surface area contributed by atoms with E-state index in [0.717, 1.165) is 67.9 Å². The van der Waals surface area contributed by atoms with Gasteiger partial charge in [0.15, 0.2) is 0 Å². The molecule has 0 N–H and O–H groups in total. The average Bonchev–Trinajstić information content (AvgIpc) is 3.36. The molecular formula is C45H42O6. The number of hydrogen-bond donors (Lipinski definition) is 0. The monoisotopic (exact) mass is 678 g/mol. The molecule has 5 aromatic rings. The number of fused-ring (bicyclic) bond motifs is 4. The van der Waals surface area contributed by atoms with Crippen molar-refractivity contribution in [2.45, 2.75) is 18.8 Å². The van der Waals surface area contributed by atoms with E-state index in [9.17, 15) is 0 Å². The van der Waals surface area contributed by atoms with Crippen molar-refractivity contribution in [1.29, 1.82) is 0 Å². The van der Waals surface area contributed by atoms with Crippen LogP contribution in [0.3, 0.4) is 0 Å². The first-order valence-electron chi connectivity index (χ1n) is 17.0. The molecule has 2 aliphatic rings. The van der Waals surface area contributed by atoms with E-state index in [4.69, 9.17) is 28.4 Å². The van der Waals surface area contributed by atoms with Crippen molar-refractivity contribution >= 4 is 5.57 Å². The summed E-state index contributed by atoms with van der Waals surface area (Å²) in [5.74, 6) is 4.75. The Kier molecular flexibility index (Phi) is 9.58. The maximum absolute atomic E-state index is 6.10. The van der Waals surface area contributed by atoms with Gasteiger partial charge in [0.1, 0.15) is 34.5 Å². The minimum Gasteiger partial charge on any atom is -0.497 e. The second-order valence-electron chi connectivity index (χ2n) is 12.7. The van der Waals surface area contributed by atoms with Gasteiger partial charge in [-0.2, -0.15) is 0 Å². The molecule has 51 heavy (non-hydrogen) atoms. The van der Waals surface area contributed by atoms with Gasteiger partial charge in [-0.15, -0.1) is 0 Å². The maximum Gasteiger partial charge on any atom is 0.126 e. The van der Waals surface area contributed by atoms with Gasteiger partial charge >= 0.3 is 0 Å². The molecule has 0 amide bonds. The molecular weight excluding hydrogens is 636 g/mol. The molecule has 0 fully saturated rings. The molecule has 6 nitrogen and oxygen atoms in total. The van der Waals surface area contributed by atoms with Crippen LogP contribution >= 0.6 is 0 Å². The zero-order valence-corrected chi connectivity index (χ0v) is 29.9. The van der Waals surface area contributed by atoms with E-state index < -0.39 is 0 Å². The second-order valence-corrected chi connectivity index (χ2v) is 12.7. The zero-order valence-electron chi connectivity index (χ0n) is 29.9. The van der Waals surface area contributed by atoms with Crippen LogP contribution in [-0.2, 0) is 17.6 Å². The Morgan fingerprint density at radius 2 is 1.02 bits per heavy atom. The molecule has 0 radical (unpaired) electrons. The lowest BCUT2D eigenvalue weighted by molar-refractivity contribution is 0.309. The molecule has 0 aromatic heterocycles. The van der Waals surface area contributed by atoms with Crippen LogP contribution in [0.2, 0.25) is 0 Å². The molecule has 0 heterocycles. The number of methoxy groups -OCH3 is 6. The minimum absolute atomic E-state index is 0.0410. The topological polar surface area (TPSA) is 55.4 Å². The first kappa shape index (κ1) is 33.6. The third-order valence-corrected chi connectivity index (χ3v) is 9.89. The average molecular weight is 679 g/mol. The first-order chi connectivity index (χ1) is 25.0. The summed E-state index contributed by atoms with van der Waals surface area (Å²) in [5.41, 5.74) is 12.1. The summed E-state index contributed by atoms with van der Waals surface area (Å²) in [4.78, 5) is 0. The number of ether oxygens (including phenoxy) is 6. The number of benzene rings is 5. The molecule has 7 rings (SSSR count). The van der Waals surface area contributed by atoms with Gasteiger partial charge in [0.05, 0.1) is 42.7 Å². The third kappa shape index (κ3) is 6.57. The van der Waals surface area contributed by atoms with Crippen LogP contribution in [0.15, 0.2) is 127 Å². The summed E-state index contributed by atoms with van der Waals surface area (Å²) < 4.78 is 35.0. The quantitative estimate of drug-likeness (QED) is 0.155. The van der Waals surface area contributed by atoms with E-state index in [-0.39, 0.29) is 5.92 Å². The normalized spacial score (nSPS) is 14.9. The Hall–Kier alpha value is -5.88. The highest BCUT2D eigenvalue weighted by atomic mass is 16.5. The molecule has 1 unspecified atom stereocenters. The van der Waals surface area contributed by atoms with Crippen LogP contribution in [0.25, 0.3) is 27.8 Å². The summed E-state index contributed by atoms with van der Waals surface area (Å²) in [6, 6.07) is 33.4. The maximum atomic E-state index is 6.10. The molecule has 0 saturated carbocycles. The fraction of sp³-hybridized carbons (Fsp3) is 0.200. The molecule has 2 aliphatic carbocycles. The highest BCUT2D eigenvalue weighted by Gasteiger charge is 2.28. The lowest BCUT2D eigenvalue weighted by atomic mass is 9.77. The zero-order chi connectivity index (χ0) is 35.5. The SMILES string of the molecule is COC1=C(c2cccc(OC)c2)C=C2Cc3cc(OC)c(-c4cccc(OC)c4)cc3Cc3cc(OC)c(-c4cccc(OC)c4)cc3C2C=C1. The Morgan fingerprint density at radius 1 is 0.490 bits per heavy atom. The van der Waals surface area contributed by atoms with Gasteiger partial charge < -0.3 is 28.4 Å². The van der Waals surface area contributed by atoms with Gasteiger partial charge in [-0.05, 0) is 119 Å². The van der Waals surface area contributed by atoms with Crippen molar-refractivity contribution in [3.63, 3.8) is 0 Å². The highest BCUT2D eigenvalue weighted by Crippen LogP contribution is 2.46. The molecule has 258 valence electrons. The van der Waals surface area contributed by atoms with Crippen molar-refractivity contribution in [1.82, 2.24) is 0 Å². The van der Waals surface area contributed by atoms with Gasteiger partial charge in [0.25, 0.3) is 0 Å². The van der Waals surface area contributed by atoms with E-state index in [1.807, 2.05) is 36.4 Å². The van der Waals surface area contributed by atoms with Crippen LogP contribution in [0.1, 0.15) is 33.7 Å². The van der Waals surface area contributed by atoms with E-state index in [1.165, 1.54) is 27.8 Å². The highest BCUT2D eigenvalue weighted by molar-refractivity contribution is 5.81. The van der Waals surface area contributed by atoms with Crippen molar-refractivity contribution in [3.05, 3.63) is 154 Å². The lowest BCUT2D eigenvalue weighted by Gasteiger charge is -2.28. The molecule has 6 heteroatoms. The summed E-state index contributed by atoms with van der Waals surface area (Å²) in [7, 11) is 10.3. The fourth-order valence-corrected chi connectivity index (χ4v) is 7.27. The van der Waals surface area contributed by atoms with Crippen LogP contribution in [0, 0.1) is 0 Å². The number of allylic oxidation sites excluding steroid dienone is 5. The Bertz CT molecular complexity index is 2190. The summed E-state index contributed by atoms with van der Waals surface area (Å²) in [6.45, 7) is 0. The number of rotatable bonds is 9. The fourth-order valence-electron chi connectivity index (χ4n) is 7.27. The van der Waals surface area contributed by atoms with Crippen LogP contribution in [0.4, 0.5) is 0 Å². The molecule has 1 atom stereocenters. The van der Waals surface area contributed by atoms with Gasteiger partial charge in [0, 0.05) is 22.6 Å². The van der Waals surface area contributed by atoms with E-state index in [1.54, 1.807) is 42.7 Å². The van der Waals surface area contributed by atoms with Crippen LogP contribution in [0.5, 0.6) is 28.7 Å². The standard InChI is InChI=1S/C45H42O6/c1-46-35-13-7-10-28(20-35)40-24-33-19-32-25-44(50-5)41(29-11-8-14-36(21-29)47-2)23-31(32)18-34-26-45(51-6)42(30-12-9-15-37(22-30)48-3)27-39(34)38(33)16-17-43(40)49-4/h7-17,20-27,38H,18-19H2,1-6H3. The summed E-state index contributed by atoms with van der Waals surface area (Å²) >= 11 is 0. The van der Waals surface area contributed by atoms with E-state index in [0.29, 0.717) is 12.8 Å². The Labute approximate surface area is 300 Å². The predicted molar refractivity (Wildman–Crippen MR) is 203 cm³/mol. The lowest BCUT2D eigenvalue weighted by Crippen LogP contribution is -2.13. The summed E-state index contributed by atoms with van der Waals surface area (Å²) in [6.07, 6.45) is 8.10.